The third kappa shape index (κ3) is 2.54. The van der Waals surface area contributed by atoms with E-state index in [9.17, 15) is 10.1 Å². The molecule has 0 saturated heterocycles. The van der Waals surface area contributed by atoms with Crippen molar-refractivity contribution >= 4 is 17.3 Å². The molecule has 0 bridgehead atoms. The zero-order chi connectivity index (χ0) is 13.1. The monoisotopic (exact) mass is 248 g/mol. The average molecular weight is 248 g/mol. The minimum atomic E-state index is -0.510. The first kappa shape index (κ1) is 11.8. The maximum absolute atomic E-state index is 10.7. The van der Waals surface area contributed by atoms with Crippen LogP contribution in [0.4, 0.5) is 17.3 Å². The average Bonchev–Trinajstić information content (AvgIpc) is 2.71. The number of pyridine rings is 1. The molecule has 0 saturated carbocycles. The predicted molar refractivity (Wildman–Crippen MR) is 65.8 cm³/mol. The van der Waals surface area contributed by atoms with Crippen LogP contribution >= 0.6 is 0 Å². The summed E-state index contributed by atoms with van der Waals surface area (Å²) in [5, 5.41) is 13.6. The Morgan fingerprint density at radius 1 is 1.56 bits per heavy atom. The van der Waals surface area contributed by atoms with Crippen molar-refractivity contribution in [3.63, 3.8) is 0 Å². The molecule has 0 unspecified atom stereocenters. The maximum atomic E-state index is 10.7. The van der Waals surface area contributed by atoms with E-state index < -0.39 is 4.92 Å². The molecule has 8 nitrogen and oxygen atoms in total. The van der Waals surface area contributed by atoms with Crippen molar-refractivity contribution in [3.05, 3.63) is 40.5 Å². The van der Waals surface area contributed by atoms with Crippen LogP contribution in [0.3, 0.4) is 0 Å². The summed E-state index contributed by atoms with van der Waals surface area (Å²) in [5.41, 5.74) is 5.41. The topological polar surface area (TPSA) is 112 Å². The van der Waals surface area contributed by atoms with Gasteiger partial charge in [0.05, 0.1) is 23.6 Å². The van der Waals surface area contributed by atoms with E-state index in [1.165, 1.54) is 12.1 Å². The van der Waals surface area contributed by atoms with Crippen LogP contribution in [-0.4, -0.2) is 19.5 Å². The molecule has 0 aliphatic heterocycles. The van der Waals surface area contributed by atoms with E-state index in [0.29, 0.717) is 12.4 Å². The predicted octanol–water partition coefficient (Wildman–Crippen LogP) is 0.918. The zero-order valence-electron chi connectivity index (χ0n) is 9.70. The number of nitrogens with zero attached hydrogens (tertiary/aromatic N) is 4. The molecule has 0 atom stereocenters. The van der Waals surface area contributed by atoms with Crippen molar-refractivity contribution in [2.75, 3.05) is 11.1 Å². The number of nitrogens with one attached hydrogen (secondary N) is 1. The fourth-order valence-electron chi connectivity index (χ4n) is 1.47. The maximum Gasteiger partial charge on any atom is 0.276 e. The van der Waals surface area contributed by atoms with Crippen LogP contribution in [0.15, 0.2) is 24.5 Å². The van der Waals surface area contributed by atoms with Gasteiger partial charge in [-0.2, -0.15) is 0 Å². The lowest BCUT2D eigenvalue weighted by Gasteiger charge is -2.06. The Kier molecular flexibility index (Phi) is 3.09. The Morgan fingerprint density at radius 3 is 2.94 bits per heavy atom. The Labute approximate surface area is 103 Å². The van der Waals surface area contributed by atoms with Gasteiger partial charge in [0.15, 0.2) is 0 Å². The van der Waals surface area contributed by atoms with Crippen molar-refractivity contribution in [1.29, 1.82) is 0 Å². The van der Waals surface area contributed by atoms with Crippen LogP contribution in [0.5, 0.6) is 0 Å². The molecule has 18 heavy (non-hydrogen) atoms. The van der Waals surface area contributed by atoms with Gasteiger partial charge in [0, 0.05) is 19.4 Å². The first-order chi connectivity index (χ1) is 8.56. The lowest BCUT2D eigenvalue weighted by molar-refractivity contribution is -0.384. The molecule has 0 radical (unpaired) electrons. The molecule has 2 heterocycles. The summed E-state index contributed by atoms with van der Waals surface area (Å²) in [5.74, 6) is 1.25. The fourth-order valence-corrected chi connectivity index (χ4v) is 1.47. The number of aromatic nitrogens is 3. The Balaban J connectivity index is 2.14. The molecule has 8 heteroatoms. The Morgan fingerprint density at radius 2 is 2.33 bits per heavy atom. The van der Waals surface area contributed by atoms with Crippen LogP contribution in [0.1, 0.15) is 5.82 Å². The van der Waals surface area contributed by atoms with Gasteiger partial charge in [-0.3, -0.25) is 10.1 Å². The number of nitrogen functional groups attached to an aromatic ring is 1. The highest BCUT2D eigenvalue weighted by atomic mass is 16.6. The third-order valence-corrected chi connectivity index (χ3v) is 2.39. The summed E-state index contributed by atoms with van der Waals surface area (Å²) in [6.45, 7) is 0.414. The summed E-state index contributed by atoms with van der Waals surface area (Å²) in [6.07, 6.45) is 3.48. The summed E-state index contributed by atoms with van der Waals surface area (Å²) in [4.78, 5) is 18.2. The molecule has 2 aromatic rings. The number of hydrogen-bond acceptors (Lipinski definition) is 6. The Hall–Kier alpha value is -2.64. The van der Waals surface area contributed by atoms with E-state index in [1.54, 1.807) is 6.20 Å². The van der Waals surface area contributed by atoms with Gasteiger partial charge in [-0.1, -0.05) is 0 Å². The van der Waals surface area contributed by atoms with E-state index in [1.807, 2.05) is 17.8 Å². The summed E-state index contributed by atoms with van der Waals surface area (Å²) >= 11 is 0. The number of rotatable bonds is 4. The smallest absolute Gasteiger partial charge is 0.276 e. The second kappa shape index (κ2) is 4.70. The highest BCUT2D eigenvalue weighted by Gasteiger charge is 2.10. The van der Waals surface area contributed by atoms with E-state index in [-0.39, 0.29) is 11.5 Å². The molecule has 0 amide bonds. The zero-order valence-corrected chi connectivity index (χ0v) is 9.70. The molecule has 3 N–H and O–H groups in total. The number of anilines is 2. The molecule has 0 aliphatic rings. The van der Waals surface area contributed by atoms with E-state index >= 15 is 0 Å². The van der Waals surface area contributed by atoms with E-state index in [4.69, 9.17) is 5.73 Å². The van der Waals surface area contributed by atoms with Gasteiger partial charge in [0.2, 0.25) is 0 Å². The van der Waals surface area contributed by atoms with Crippen LogP contribution in [0.2, 0.25) is 0 Å². The van der Waals surface area contributed by atoms with Crippen LogP contribution in [0.25, 0.3) is 0 Å². The number of aryl methyl sites for hydroxylation is 1. The highest BCUT2D eigenvalue weighted by molar-refractivity contribution is 5.52. The van der Waals surface area contributed by atoms with Gasteiger partial charge in [-0.05, 0) is 0 Å². The van der Waals surface area contributed by atoms with Gasteiger partial charge in [-0.15, -0.1) is 0 Å². The summed E-state index contributed by atoms with van der Waals surface area (Å²) in [6, 6.07) is 2.55. The molecule has 2 rings (SSSR count). The standard InChI is InChI=1S/C10H12N6O2/c1-15-3-2-12-10(15)6-13-9-5-7(16(17)18)4-8(11)14-9/h2-5H,6H2,1H3,(H3,11,13,14). The highest BCUT2D eigenvalue weighted by Crippen LogP contribution is 2.18. The normalized spacial score (nSPS) is 10.3. The summed E-state index contributed by atoms with van der Waals surface area (Å²) in [7, 11) is 1.86. The van der Waals surface area contributed by atoms with Gasteiger partial charge in [0.25, 0.3) is 5.69 Å². The van der Waals surface area contributed by atoms with Crippen LogP contribution in [0, 0.1) is 10.1 Å². The summed E-state index contributed by atoms with van der Waals surface area (Å²) < 4.78 is 1.84. The number of imidazole rings is 1. The van der Waals surface area contributed by atoms with Gasteiger partial charge >= 0.3 is 0 Å². The van der Waals surface area contributed by atoms with E-state index in [0.717, 1.165) is 5.82 Å². The quantitative estimate of drug-likeness (QED) is 0.614. The van der Waals surface area contributed by atoms with Crippen molar-refractivity contribution in [1.82, 2.24) is 14.5 Å². The molecule has 0 fully saturated rings. The molecule has 94 valence electrons. The molecule has 2 aromatic heterocycles. The fraction of sp³-hybridized carbons (Fsp3) is 0.200. The van der Waals surface area contributed by atoms with Gasteiger partial charge in [-0.25, -0.2) is 9.97 Å². The second-order valence-corrected chi connectivity index (χ2v) is 3.70. The number of nitrogens with two attached hydrogens (primary N) is 1. The first-order valence-corrected chi connectivity index (χ1v) is 5.18. The van der Waals surface area contributed by atoms with Crippen molar-refractivity contribution in [3.8, 4) is 0 Å². The van der Waals surface area contributed by atoms with Crippen molar-refractivity contribution in [2.24, 2.45) is 7.05 Å². The minimum Gasteiger partial charge on any atom is -0.383 e. The molecular formula is C10H12N6O2. The van der Waals surface area contributed by atoms with Gasteiger partial charge < -0.3 is 15.6 Å². The van der Waals surface area contributed by atoms with Crippen molar-refractivity contribution < 1.29 is 4.92 Å². The lowest BCUT2D eigenvalue weighted by Crippen LogP contribution is -2.08. The SMILES string of the molecule is Cn1ccnc1CNc1cc([N+](=O)[O-])cc(N)n1. The molecular weight excluding hydrogens is 236 g/mol. The van der Waals surface area contributed by atoms with Gasteiger partial charge in [0.1, 0.15) is 17.5 Å². The number of hydrogen-bond donors (Lipinski definition) is 2. The Bertz CT molecular complexity index is 579. The molecule has 0 spiro atoms. The molecule has 0 aliphatic carbocycles. The minimum absolute atomic E-state index is 0.0927. The second-order valence-electron chi connectivity index (χ2n) is 3.70. The van der Waals surface area contributed by atoms with Crippen LogP contribution < -0.4 is 11.1 Å². The number of nitro groups is 1. The lowest BCUT2D eigenvalue weighted by atomic mass is 10.3. The van der Waals surface area contributed by atoms with Crippen LogP contribution in [-0.2, 0) is 13.6 Å². The third-order valence-electron chi connectivity index (χ3n) is 2.39. The van der Waals surface area contributed by atoms with Crippen molar-refractivity contribution in [2.45, 2.75) is 6.54 Å². The largest absolute Gasteiger partial charge is 0.383 e. The first-order valence-electron chi connectivity index (χ1n) is 5.18. The molecule has 0 aromatic carbocycles. The van der Waals surface area contributed by atoms with E-state index in [2.05, 4.69) is 15.3 Å².